The second kappa shape index (κ2) is 6.34. The van der Waals surface area contributed by atoms with E-state index in [4.69, 9.17) is 0 Å². The van der Waals surface area contributed by atoms with E-state index in [-0.39, 0.29) is 11.6 Å². The van der Waals surface area contributed by atoms with E-state index in [2.05, 4.69) is 20.4 Å². The maximum atomic E-state index is 12.4. The molecule has 1 saturated carbocycles. The van der Waals surface area contributed by atoms with Crippen molar-refractivity contribution in [3.8, 4) is 0 Å². The van der Waals surface area contributed by atoms with Gasteiger partial charge in [0.15, 0.2) is 0 Å². The van der Waals surface area contributed by atoms with Crippen LogP contribution in [-0.4, -0.2) is 25.8 Å². The van der Waals surface area contributed by atoms with E-state index in [1.54, 1.807) is 16.9 Å². The molecule has 2 aliphatic rings. The Morgan fingerprint density at radius 3 is 2.83 bits per heavy atom. The Morgan fingerprint density at radius 2 is 2.04 bits per heavy atom. The zero-order valence-corrected chi connectivity index (χ0v) is 14.0. The Hall–Kier alpha value is -2.24. The largest absolute Gasteiger partial charge is 0.351 e. The van der Waals surface area contributed by atoms with Crippen molar-refractivity contribution in [3.63, 3.8) is 0 Å². The molecular weight excluding hydrogens is 302 g/mol. The fourth-order valence-corrected chi connectivity index (χ4v) is 3.84. The van der Waals surface area contributed by atoms with Gasteiger partial charge in [-0.15, -0.1) is 0 Å². The van der Waals surface area contributed by atoms with Crippen LogP contribution in [0.3, 0.4) is 0 Å². The molecule has 0 amide bonds. The van der Waals surface area contributed by atoms with Crippen molar-refractivity contribution >= 4 is 5.95 Å². The molecule has 2 aromatic rings. The smallest absolute Gasteiger partial charge is 0.267 e. The first-order valence-electron chi connectivity index (χ1n) is 8.87. The Kier molecular flexibility index (Phi) is 4.04. The van der Waals surface area contributed by atoms with Gasteiger partial charge in [0.05, 0.1) is 11.7 Å². The van der Waals surface area contributed by atoms with E-state index < -0.39 is 0 Å². The van der Waals surface area contributed by atoms with Gasteiger partial charge in [-0.05, 0) is 63.5 Å². The predicted octanol–water partition coefficient (Wildman–Crippen LogP) is 2.43. The first-order valence-corrected chi connectivity index (χ1v) is 8.87. The Balaban J connectivity index is 1.42. The van der Waals surface area contributed by atoms with Crippen molar-refractivity contribution in [2.45, 2.75) is 64.0 Å². The zero-order chi connectivity index (χ0) is 16.5. The van der Waals surface area contributed by atoms with E-state index in [1.165, 1.54) is 0 Å². The molecule has 24 heavy (non-hydrogen) atoms. The molecule has 0 aromatic carbocycles. The van der Waals surface area contributed by atoms with Crippen LogP contribution >= 0.6 is 0 Å². The van der Waals surface area contributed by atoms with E-state index in [0.717, 1.165) is 61.9 Å². The third-order valence-electron chi connectivity index (χ3n) is 5.15. The average Bonchev–Trinajstić information content (AvgIpc) is 3.02. The lowest BCUT2D eigenvalue weighted by atomic mass is 9.91. The van der Waals surface area contributed by atoms with Crippen LogP contribution in [0, 0.1) is 6.92 Å². The summed E-state index contributed by atoms with van der Waals surface area (Å²) in [6.45, 7) is 1.97. The quantitative estimate of drug-likeness (QED) is 0.938. The molecule has 0 radical (unpaired) electrons. The van der Waals surface area contributed by atoms with Crippen molar-refractivity contribution in [2.75, 3.05) is 5.32 Å². The molecule has 0 aliphatic heterocycles. The molecule has 2 heterocycles. The van der Waals surface area contributed by atoms with Crippen LogP contribution < -0.4 is 10.9 Å². The first-order chi connectivity index (χ1) is 11.7. The number of hydrogen-bond donors (Lipinski definition) is 1. The SMILES string of the molecule is Cc1ccnc(NC2CCC(n3nc4c(cc3=O)CCC4)CC2)n1. The van der Waals surface area contributed by atoms with Crippen LogP contribution in [0.1, 0.15) is 55.1 Å². The van der Waals surface area contributed by atoms with E-state index in [0.29, 0.717) is 12.0 Å². The number of hydrogen-bond acceptors (Lipinski definition) is 5. The van der Waals surface area contributed by atoms with Crippen molar-refractivity contribution < 1.29 is 0 Å². The Morgan fingerprint density at radius 1 is 1.21 bits per heavy atom. The maximum Gasteiger partial charge on any atom is 0.267 e. The van der Waals surface area contributed by atoms with Gasteiger partial charge in [-0.2, -0.15) is 5.10 Å². The number of anilines is 1. The van der Waals surface area contributed by atoms with Crippen LogP contribution in [0.5, 0.6) is 0 Å². The molecule has 0 bridgehead atoms. The monoisotopic (exact) mass is 325 g/mol. The van der Waals surface area contributed by atoms with E-state index in [1.807, 2.05) is 13.0 Å². The van der Waals surface area contributed by atoms with Gasteiger partial charge in [0.1, 0.15) is 0 Å². The lowest BCUT2D eigenvalue weighted by molar-refractivity contribution is 0.301. The number of fused-ring (bicyclic) bond motifs is 1. The number of nitrogens with zero attached hydrogens (tertiary/aromatic N) is 4. The van der Waals surface area contributed by atoms with Gasteiger partial charge in [-0.3, -0.25) is 4.79 Å². The summed E-state index contributed by atoms with van der Waals surface area (Å²) in [7, 11) is 0. The van der Waals surface area contributed by atoms with Crippen LogP contribution in [0.2, 0.25) is 0 Å². The number of aryl methyl sites for hydroxylation is 3. The molecule has 4 rings (SSSR count). The summed E-state index contributed by atoms with van der Waals surface area (Å²) in [5.74, 6) is 0.700. The standard InChI is InChI=1S/C18H23N5O/c1-12-9-10-19-18(20-12)21-14-5-7-15(8-6-14)23-17(24)11-13-3-2-4-16(13)22-23/h9-11,14-15H,2-8H2,1H3,(H,19,20,21). The summed E-state index contributed by atoms with van der Waals surface area (Å²) in [6.07, 6.45) is 8.87. The fourth-order valence-electron chi connectivity index (χ4n) is 3.84. The van der Waals surface area contributed by atoms with Crippen LogP contribution in [0.15, 0.2) is 23.1 Å². The molecule has 126 valence electrons. The zero-order valence-electron chi connectivity index (χ0n) is 14.0. The molecule has 6 nitrogen and oxygen atoms in total. The van der Waals surface area contributed by atoms with Crippen molar-refractivity contribution in [1.82, 2.24) is 19.7 Å². The highest BCUT2D eigenvalue weighted by atomic mass is 16.1. The van der Waals surface area contributed by atoms with Crippen LogP contribution in [-0.2, 0) is 12.8 Å². The van der Waals surface area contributed by atoms with Crippen molar-refractivity contribution in [3.05, 3.63) is 45.6 Å². The Labute approximate surface area is 141 Å². The molecule has 0 unspecified atom stereocenters. The summed E-state index contributed by atoms with van der Waals surface area (Å²) in [4.78, 5) is 21.0. The van der Waals surface area contributed by atoms with Crippen LogP contribution in [0.25, 0.3) is 0 Å². The highest BCUT2D eigenvalue weighted by Gasteiger charge is 2.25. The molecule has 0 atom stereocenters. The lowest BCUT2D eigenvalue weighted by Crippen LogP contribution is -2.34. The summed E-state index contributed by atoms with van der Waals surface area (Å²) >= 11 is 0. The minimum atomic E-state index is 0.0640. The second-order valence-electron chi connectivity index (χ2n) is 6.92. The van der Waals surface area contributed by atoms with Crippen molar-refractivity contribution in [2.24, 2.45) is 0 Å². The molecule has 2 aliphatic carbocycles. The normalized spacial score (nSPS) is 23.0. The molecule has 2 aromatic heterocycles. The van der Waals surface area contributed by atoms with Gasteiger partial charge in [-0.1, -0.05) is 0 Å². The second-order valence-corrected chi connectivity index (χ2v) is 6.92. The van der Waals surface area contributed by atoms with Gasteiger partial charge >= 0.3 is 0 Å². The predicted molar refractivity (Wildman–Crippen MR) is 92.2 cm³/mol. The molecular formula is C18H23N5O. The van der Waals surface area contributed by atoms with Gasteiger partial charge in [0, 0.05) is 24.0 Å². The maximum absolute atomic E-state index is 12.4. The fraction of sp³-hybridized carbons (Fsp3) is 0.556. The highest BCUT2D eigenvalue weighted by molar-refractivity contribution is 5.26. The highest BCUT2D eigenvalue weighted by Crippen LogP contribution is 2.29. The summed E-state index contributed by atoms with van der Waals surface area (Å²) in [6, 6.07) is 4.29. The minimum Gasteiger partial charge on any atom is -0.351 e. The Bertz CT molecular complexity index is 792. The third kappa shape index (κ3) is 3.05. The third-order valence-corrected chi connectivity index (χ3v) is 5.15. The summed E-state index contributed by atoms with van der Waals surface area (Å²) in [5, 5.41) is 8.08. The summed E-state index contributed by atoms with van der Waals surface area (Å²) < 4.78 is 1.74. The molecule has 6 heteroatoms. The topological polar surface area (TPSA) is 72.7 Å². The number of rotatable bonds is 3. The van der Waals surface area contributed by atoms with E-state index in [9.17, 15) is 4.79 Å². The number of aromatic nitrogens is 4. The molecule has 1 fully saturated rings. The molecule has 1 N–H and O–H groups in total. The summed E-state index contributed by atoms with van der Waals surface area (Å²) in [5.41, 5.74) is 3.32. The molecule has 0 saturated heterocycles. The number of nitrogens with one attached hydrogen (secondary N) is 1. The minimum absolute atomic E-state index is 0.0640. The van der Waals surface area contributed by atoms with E-state index >= 15 is 0 Å². The average molecular weight is 325 g/mol. The van der Waals surface area contributed by atoms with Crippen LogP contribution in [0.4, 0.5) is 5.95 Å². The lowest BCUT2D eigenvalue weighted by Gasteiger charge is -2.29. The first kappa shape index (κ1) is 15.3. The van der Waals surface area contributed by atoms with Gasteiger partial charge in [-0.25, -0.2) is 14.6 Å². The van der Waals surface area contributed by atoms with Gasteiger partial charge < -0.3 is 5.32 Å². The van der Waals surface area contributed by atoms with Gasteiger partial charge in [0.2, 0.25) is 5.95 Å². The van der Waals surface area contributed by atoms with Crippen molar-refractivity contribution in [1.29, 1.82) is 0 Å². The molecule has 0 spiro atoms. The van der Waals surface area contributed by atoms with Gasteiger partial charge in [0.25, 0.3) is 5.56 Å².